The Balaban J connectivity index is 0.00000294. The number of amides is 2. The van der Waals surface area contributed by atoms with Crippen LogP contribution in [0.4, 0.5) is 16.2 Å². The maximum Gasteiger partial charge on any atom is 0.414 e. The molecule has 8 heteroatoms. The Hall–Kier alpha value is -3.55. The lowest BCUT2D eigenvalue weighted by Gasteiger charge is -2.40. The number of hydrogen-bond acceptors (Lipinski definition) is 4. The molecule has 0 radical (unpaired) electrons. The number of ether oxygens (including phenoxy) is 1. The van der Waals surface area contributed by atoms with Crippen molar-refractivity contribution < 1.29 is 14.3 Å². The summed E-state index contributed by atoms with van der Waals surface area (Å²) in [4.78, 5) is 29.5. The van der Waals surface area contributed by atoms with Gasteiger partial charge in [-0.2, -0.15) is 0 Å². The fourth-order valence-electron chi connectivity index (χ4n) is 5.93. The fourth-order valence-corrected chi connectivity index (χ4v) is 5.93. The molecule has 0 spiro atoms. The normalized spacial score (nSPS) is 16.3. The van der Waals surface area contributed by atoms with Gasteiger partial charge >= 0.3 is 6.09 Å². The van der Waals surface area contributed by atoms with Crippen molar-refractivity contribution in [2.75, 3.05) is 29.9 Å². The minimum absolute atomic E-state index is 0. The zero-order valence-corrected chi connectivity index (χ0v) is 22.6. The highest BCUT2D eigenvalue weighted by atomic mass is 35.5. The van der Waals surface area contributed by atoms with E-state index in [1.54, 1.807) is 0 Å². The third-order valence-corrected chi connectivity index (χ3v) is 7.70. The predicted molar refractivity (Wildman–Crippen MR) is 154 cm³/mol. The molecule has 38 heavy (non-hydrogen) atoms. The molecule has 0 unspecified atom stereocenters. The number of anilines is 2. The summed E-state index contributed by atoms with van der Waals surface area (Å²) in [5.41, 5.74) is 6.37. The lowest BCUT2D eigenvalue weighted by molar-refractivity contribution is -0.117. The molecule has 7 nitrogen and oxygen atoms in total. The average Bonchev–Trinajstić information content (AvgIpc) is 3.22. The third kappa shape index (κ3) is 4.72. The number of piperidine rings is 1. The molecule has 2 aliphatic heterocycles. The minimum Gasteiger partial charge on any atom is -0.444 e. The first kappa shape index (κ1) is 26.1. The number of carbonyl (C=O) groups excluding carboxylic acids is 2. The SMILES string of the molecule is CCn1c2ccccc2c2cc(NC(=O)CN3CCC(N4C(=O)OCc5cc(C)ccc54)CC3)ccc21.Cl. The maximum atomic E-state index is 12.9. The molecule has 0 saturated carbocycles. The summed E-state index contributed by atoms with van der Waals surface area (Å²) in [7, 11) is 0. The van der Waals surface area contributed by atoms with E-state index in [0.29, 0.717) is 13.2 Å². The van der Waals surface area contributed by atoms with Crippen molar-refractivity contribution in [1.29, 1.82) is 0 Å². The number of halogens is 1. The minimum atomic E-state index is -0.271. The first-order valence-electron chi connectivity index (χ1n) is 13.1. The standard InChI is InChI=1S/C30H32N4O3.ClH/c1-3-33-27-7-5-4-6-24(27)25-17-22(9-11-28(25)33)31-29(35)18-32-14-12-23(13-15-32)34-26-10-8-20(2)16-21(26)19-37-30(34)36;/h4-11,16-17,23H,3,12-15,18-19H2,1-2H3,(H,31,35);1H. The van der Waals surface area contributed by atoms with Crippen LogP contribution in [0.3, 0.4) is 0 Å². The molecule has 6 rings (SSSR count). The molecule has 3 heterocycles. The Morgan fingerprint density at radius 3 is 2.55 bits per heavy atom. The second-order valence-corrected chi connectivity index (χ2v) is 10.1. The zero-order valence-electron chi connectivity index (χ0n) is 21.8. The smallest absolute Gasteiger partial charge is 0.414 e. The van der Waals surface area contributed by atoms with E-state index >= 15 is 0 Å². The number of fused-ring (bicyclic) bond motifs is 4. The van der Waals surface area contributed by atoms with E-state index in [0.717, 1.165) is 60.4 Å². The summed E-state index contributed by atoms with van der Waals surface area (Å²) in [6.45, 7) is 7.27. The first-order chi connectivity index (χ1) is 18.0. The van der Waals surface area contributed by atoms with Gasteiger partial charge in [-0.15, -0.1) is 12.4 Å². The van der Waals surface area contributed by atoms with E-state index < -0.39 is 0 Å². The van der Waals surface area contributed by atoms with E-state index in [2.05, 4.69) is 64.2 Å². The number of benzene rings is 3. The summed E-state index contributed by atoms with van der Waals surface area (Å²) in [5.74, 6) is -0.0183. The molecule has 0 atom stereocenters. The second-order valence-electron chi connectivity index (χ2n) is 10.1. The van der Waals surface area contributed by atoms with Gasteiger partial charge in [0, 0.05) is 58.7 Å². The first-order valence-corrected chi connectivity index (χ1v) is 13.1. The molecule has 2 aliphatic rings. The van der Waals surface area contributed by atoms with E-state index in [1.165, 1.54) is 16.4 Å². The van der Waals surface area contributed by atoms with Gasteiger partial charge in [-0.25, -0.2) is 4.79 Å². The molecule has 2 amide bonds. The summed E-state index contributed by atoms with van der Waals surface area (Å²) in [6.07, 6.45) is 1.34. The van der Waals surface area contributed by atoms with E-state index in [4.69, 9.17) is 4.74 Å². The third-order valence-electron chi connectivity index (χ3n) is 7.70. The van der Waals surface area contributed by atoms with Crippen molar-refractivity contribution in [3.05, 3.63) is 71.8 Å². The largest absolute Gasteiger partial charge is 0.444 e. The topological polar surface area (TPSA) is 66.8 Å². The van der Waals surface area contributed by atoms with Crippen LogP contribution in [0.25, 0.3) is 21.8 Å². The van der Waals surface area contributed by atoms with Crippen LogP contribution in [0.15, 0.2) is 60.7 Å². The molecule has 198 valence electrons. The molecule has 0 bridgehead atoms. The highest BCUT2D eigenvalue weighted by molar-refractivity contribution is 6.09. The number of rotatable bonds is 5. The van der Waals surface area contributed by atoms with Crippen LogP contribution in [0, 0.1) is 6.92 Å². The number of carbonyl (C=O) groups is 2. The molecule has 1 N–H and O–H groups in total. The molecule has 0 aliphatic carbocycles. The molecule has 3 aromatic carbocycles. The molecule has 1 saturated heterocycles. The van der Waals surface area contributed by atoms with Crippen LogP contribution < -0.4 is 10.2 Å². The van der Waals surface area contributed by atoms with Gasteiger partial charge in [0.25, 0.3) is 0 Å². The summed E-state index contributed by atoms with van der Waals surface area (Å²) in [5, 5.41) is 5.45. The van der Waals surface area contributed by atoms with Crippen LogP contribution in [0.1, 0.15) is 30.9 Å². The number of hydrogen-bond donors (Lipinski definition) is 1. The van der Waals surface area contributed by atoms with Gasteiger partial charge in [0.1, 0.15) is 6.61 Å². The van der Waals surface area contributed by atoms with Gasteiger partial charge in [0.2, 0.25) is 5.91 Å². The van der Waals surface area contributed by atoms with Gasteiger partial charge in [0.05, 0.1) is 12.2 Å². The Morgan fingerprint density at radius 2 is 1.76 bits per heavy atom. The average molecular weight is 533 g/mol. The van der Waals surface area contributed by atoms with Crippen LogP contribution in [0.2, 0.25) is 0 Å². The molecule has 1 aromatic heterocycles. The van der Waals surface area contributed by atoms with Crippen molar-refractivity contribution in [3.63, 3.8) is 0 Å². The van der Waals surface area contributed by atoms with E-state index in [1.807, 2.05) is 30.0 Å². The lowest BCUT2D eigenvalue weighted by Crippen LogP contribution is -2.50. The van der Waals surface area contributed by atoms with Crippen molar-refractivity contribution in [1.82, 2.24) is 9.47 Å². The van der Waals surface area contributed by atoms with Crippen molar-refractivity contribution >= 4 is 57.6 Å². The van der Waals surface area contributed by atoms with Crippen LogP contribution in [-0.2, 0) is 22.7 Å². The van der Waals surface area contributed by atoms with Gasteiger partial charge in [-0.1, -0.05) is 35.9 Å². The number of aromatic nitrogens is 1. The van der Waals surface area contributed by atoms with Crippen LogP contribution in [-0.4, -0.2) is 47.1 Å². The molecule has 4 aromatic rings. The lowest BCUT2D eigenvalue weighted by atomic mass is 10.00. The second kappa shape index (κ2) is 10.7. The van der Waals surface area contributed by atoms with E-state index in [-0.39, 0.29) is 30.4 Å². The highest BCUT2D eigenvalue weighted by Crippen LogP contribution is 2.33. The predicted octanol–water partition coefficient (Wildman–Crippen LogP) is 6.10. The Labute approximate surface area is 228 Å². The molecular weight excluding hydrogens is 500 g/mol. The summed E-state index contributed by atoms with van der Waals surface area (Å²) < 4.78 is 7.76. The van der Waals surface area contributed by atoms with E-state index in [9.17, 15) is 9.59 Å². The number of nitrogens with one attached hydrogen (secondary N) is 1. The number of nitrogens with zero attached hydrogens (tertiary/aromatic N) is 3. The Kier molecular flexibility index (Phi) is 7.32. The highest BCUT2D eigenvalue weighted by Gasteiger charge is 2.34. The van der Waals surface area contributed by atoms with Crippen molar-refractivity contribution in [2.24, 2.45) is 0 Å². The summed E-state index contributed by atoms with van der Waals surface area (Å²) in [6, 6.07) is 20.8. The number of aryl methyl sites for hydroxylation is 2. The Morgan fingerprint density at radius 1 is 1.00 bits per heavy atom. The van der Waals surface area contributed by atoms with Gasteiger partial charge in [-0.3, -0.25) is 14.6 Å². The fraction of sp³-hybridized carbons (Fsp3) is 0.333. The number of likely N-dealkylation sites (tertiary alicyclic amines) is 1. The monoisotopic (exact) mass is 532 g/mol. The van der Waals surface area contributed by atoms with Gasteiger partial charge in [-0.05, 0) is 57.0 Å². The quantitative estimate of drug-likeness (QED) is 0.337. The summed E-state index contributed by atoms with van der Waals surface area (Å²) >= 11 is 0. The molecule has 1 fully saturated rings. The van der Waals surface area contributed by atoms with Gasteiger partial charge in [0.15, 0.2) is 0 Å². The number of para-hydroxylation sites is 1. The van der Waals surface area contributed by atoms with Crippen LogP contribution >= 0.6 is 12.4 Å². The van der Waals surface area contributed by atoms with Crippen molar-refractivity contribution in [3.8, 4) is 0 Å². The van der Waals surface area contributed by atoms with Crippen molar-refractivity contribution in [2.45, 2.75) is 45.9 Å². The Bertz CT molecular complexity index is 1510. The zero-order chi connectivity index (χ0) is 25.5. The number of cyclic esters (lactones) is 1. The maximum absolute atomic E-state index is 12.9. The molecular formula is C30H33ClN4O3. The van der Waals surface area contributed by atoms with Gasteiger partial charge < -0.3 is 14.6 Å². The van der Waals surface area contributed by atoms with Crippen LogP contribution in [0.5, 0.6) is 0 Å².